The molecule has 2 atom stereocenters. The molecular weight excluding hydrogens is 374 g/mol. The molecule has 2 aromatic heterocycles. The van der Waals surface area contributed by atoms with Crippen molar-refractivity contribution in [1.29, 1.82) is 0 Å². The van der Waals surface area contributed by atoms with Gasteiger partial charge in [0.1, 0.15) is 22.1 Å². The maximum atomic E-state index is 12.5. The molecule has 1 unspecified atom stereocenters. The Morgan fingerprint density at radius 1 is 1.41 bits per heavy atom. The molecule has 0 radical (unpaired) electrons. The first-order valence-corrected chi connectivity index (χ1v) is 8.83. The van der Waals surface area contributed by atoms with Crippen LogP contribution in [0.15, 0.2) is 12.3 Å². The number of hydrogen-bond donors (Lipinski definition) is 1. The molecule has 0 spiro atoms. The van der Waals surface area contributed by atoms with Gasteiger partial charge in [-0.1, -0.05) is 11.6 Å². The molecule has 1 fully saturated rings. The Morgan fingerprint density at radius 2 is 2.11 bits per heavy atom. The van der Waals surface area contributed by atoms with Crippen molar-refractivity contribution in [3.05, 3.63) is 23.0 Å². The summed E-state index contributed by atoms with van der Waals surface area (Å²) >= 11 is 6.12. The molecule has 2 aromatic rings. The van der Waals surface area contributed by atoms with Crippen LogP contribution in [0.4, 0.5) is 10.6 Å². The number of hydrogen-bond acceptors (Lipinski definition) is 6. The van der Waals surface area contributed by atoms with Crippen LogP contribution in [0, 0.1) is 0 Å². The van der Waals surface area contributed by atoms with Crippen molar-refractivity contribution in [3.63, 3.8) is 0 Å². The summed E-state index contributed by atoms with van der Waals surface area (Å²) < 4.78 is 11.9. The largest absolute Gasteiger partial charge is 0.443 e. The van der Waals surface area contributed by atoms with Crippen LogP contribution in [-0.4, -0.2) is 58.5 Å². The van der Waals surface area contributed by atoms with E-state index in [9.17, 15) is 9.59 Å². The summed E-state index contributed by atoms with van der Waals surface area (Å²) in [6, 6.07) is 1.45. The Labute approximate surface area is 161 Å². The quantitative estimate of drug-likeness (QED) is 0.797. The number of fused-ring (bicyclic) bond motifs is 1. The molecule has 27 heavy (non-hydrogen) atoms. The summed E-state index contributed by atoms with van der Waals surface area (Å²) in [6.07, 6.45) is 1.61. The number of amides is 2. The molecule has 0 aliphatic heterocycles. The molecule has 1 N–H and O–H groups in total. The van der Waals surface area contributed by atoms with E-state index in [1.165, 1.54) is 28.7 Å². The molecule has 0 aromatic carbocycles. The predicted molar refractivity (Wildman–Crippen MR) is 99.3 cm³/mol. The average Bonchev–Trinajstić information content (AvgIpc) is 3.18. The molecule has 0 bridgehead atoms. The van der Waals surface area contributed by atoms with Crippen LogP contribution < -0.4 is 10.2 Å². The van der Waals surface area contributed by atoms with Gasteiger partial charge < -0.3 is 14.8 Å². The van der Waals surface area contributed by atoms with Crippen molar-refractivity contribution in [1.82, 2.24) is 19.9 Å². The third-order valence-corrected chi connectivity index (χ3v) is 4.22. The highest BCUT2D eigenvalue weighted by Gasteiger charge is 2.39. The van der Waals surface area contributed by atoms with Crippen LogP contribution in [0.25, 0.3) is 5.65 Å². The van der Waals surface area contributed by atoms with Crippen molar-refractivity contribution in [3.8, 4) is 0 Å². The summed E-state index contributed by atoms with van der Waals surface area (Å²) in [6.45, 7) is 5.32. The third kappa shape index (κ3) is 4.14. The Morgan fingerprint density at radius 3 is 2.70 bits per heavy atom. The second kappa shape index (κ2) is 6.97. The number of aromatic nitrogens is 3. The molecule has 1 saturated carbocycles. The number of carbonyl (C=O) groups is 2. The fourth-order valence-corrected chi connectivity index (χ4v) is 2.75. The minimum absolute atomic E-state index is 0.0273. The standard InChI is InChI=1S/C17H22ClN5O4/c1-17(2,3)27-16(25)22(4)13-7-12(18)21-14-9(8-19-23(13)14)15(24)20-10-6-11(10)26-5/h7-8,10-11H,6H2,1-5H3,(H,20,24)/t10?,11-/m1/s1. The fourth-order valence-electron chi connectivity index (χ4n) is 2.57. The Bertz CT molecular complexity index is 891. The first-order chi connectivity index (χ1) is 12.6. The predicted octanol–water partition coefficient (Wildman–Crippen LogP) is 2.27. The van der Waals surface area contributed by atoms with Crippen LogP contribution in [0.1, 0.15) is 37.6 Å². The lowest BCUT2D eigenvalue weighted by Gasteiger charge is -2.24. The Balaban J connectivity index is 1.91. The number of carbonyl (C=O) groups excluding carboxylic acids is 2. The summed E-state index contributed by atoms with van der Waals surface area (Å²) in [5, 5.41) is 7.20. The SMILES string of the molecule is CO[C@@H]1CC1NC(=O)c1cnn2c(N(C)C(=O)OC(C)(C)C)cc(Cl)nc12. The Kier molecular flexibility index (Phi) is 5.00. The van der Waals surface area contributed by atoms with E-state index < -0.39 is 11.7 Å². The van der Waals surface area contributed by atoms with Gasteiger partial charge in [0.05, 0.1) is 18.3 Å². The zero-order chi connectivity index (χ0) is 19.9. The molecule has 1 aliphatic carbocycles. The molecule has 1 aliphatic rings. The van der Waals surface area contributed by atoms with Crippen LogP contribution >= 0.6 is 11.6 Å². The number of nitrogens with zero attached hydrogens (tertiary/aromatic N) is 4. The molecule has 10 heteroatoms. The topological polar surface area (TPSA) is 98.1 Å². The summed E-state index contributed by atoms with van der Waals surface area (Å²) in [4.78, 5) is 30.4. The van der Waals surface area contributed by atoms with Crippen molar-refractivity contribution < 1.29 is 19.1 Å². The van der Waals surface area contributed by atoms with Gasteiger partial charge in [-0.15, -0.1) is 0 Å². The molecule has 146 valence electrons. The zero-order valence-corrected chi connectivity index (χ0v) is 16.6. The fraction of sp³-hybridized carbons (Fsp3) is 0.529. The maximum Gasteiger partial charge on any atom is 0.415 e. The van der Waals surface area contributed by atoms with Gasteiger partial charge in [-0.2, -0.15) is 9.61 Å². The minimum atomic E-state index is -0.654. The Hall–Kier alpha value is -2.39. The highest BCUT2D eigenvalue weighted by atomic mass is 35.5. The molecule has 3 rings (SSSR count). The van der Waals surface area contributed by atoms with Gasteiger partial charge in [0.25, 0.3) is 5.91 Å². The number of ether oxygens (including phenoxy) is 2. The summed E-state index contributed by atoms with van der Waals surface area (Å²) in [7, 11) is 3.14. The van der Waals surface area contributed by atoms with Crippen molar-refractivity contribution >= 4 is 35.1 Å². The molecule has 9 nitrogen and oxygen atoms in total. The molecule has 2 amide bonds. The summed E-state index contributed by atoms with van der Waals surface area (Å²) in [5.74, 6) is 0.00896. The minimum Gasteiger partial charge on any atom is -0.443 e. The average molecular weight is 396 g/mol. The second-order valence-electron chi connectivity index (χ2n) is 7.36. The highest BCUT2D eigenvalue weighted by Crippen LogP contribution is 2.26. The van der Waals surface area contributed by atoms with Gasteiger partial charge in [-0.3, -0.25) is 9.69 Å². The van der Waals surface area contributed by atoms with Crippen LogP contribution in [0.3, 0.4) is 0 Å². The van der Waals surface area contributed by atoms with Gasteiger partial charge in [-0.05, 0) is 27.2 Å². The lowest BCUT2D eigenvalue weighted by Crippen LogP contribution is -2.35. The number of methoxy groups -OCH3 is 1. The number of rotatable bonds is 4. The van der Waals surface area contributed by atoms with Crippen LogP contribution in [0.2, 0.25) is 5.15 Å². The molecule has 2 heterocycles. The first kappa shape index (κ1) is 19.4. The third-order valence-electron chi connectivity index (χ3n) is 4.03. The highest BCUT2D eigenvalue weighted by molar-refractivity contribution is 6.30. The van der Waals surface area contributed by atoms with E-state index in [1.54, 1.807) is 27.9 Å². The van der Waals surface area contributed by atoms with Gasteiger partial charge in [0, 0.05) is 20.2 Å². The van der Waals surface area contributed by atoms with Crippen molar-refractivity contribution in [2.45, 2.75) is 44.9 Å². The normalized spacial score (nSPS) is 19.0. The number of nitrogens with one attached hydrogen (secondary N) is 1. The first-order valence-electron chi connectivity index (χ1n) is 8.45. The van der Waals surface area contributed by atoms with Gasteiger partial charge in [0.2, 0.25) is 0 Å². The van der Waals surface area contributed by atoms with Gasteiger partial charge >= 0.3 is 6.09 Å². The number of anilines is 1. The smallest absolute Gasteiger partial charge is 0.415 e. The van der Waals surface area contributed by atoms with E-state index >= 15 is 0 Å². The molecule has 0 saturated heterocycles. The van der Waals surface area contributed by atoms with E-state index in [0.717, 1.165) is 6.42 Å². The lowest BCUT2D eigenvalue weighted by atomic mass is 10.2. The molecular formula is C17H22ClN5O4. The zero-order valence-electron chi connectivity index (χ0n) is 15.8. The van der Waals surface area contributed by atoms with Crippen molar-refractivity contribution in [2.75, 3.05) is 19.1 Å². The van der Waals surface area contributed by atoms with E-state index in [4.69, 9.17) is 21.1 Å². The second-order valence-corrected chi connectivity index (χ2v) is 7.75. The van der Waals surface area contributed by atoms with Crippen LogP contribution in [-0.2, 0) is 9.47 Å². The van der Waals surface area contributed by atoms with E-state index in [0.29, 0.717) is 5.82 Å². The van der Waals surface area contributed by atoms with Gasteiger partial charge in [-0.25, -0.2) is 9.78 Å². The van der Waals surface area contributed by atoms with Gasteiger partial charge in [0.15, 0.2) is 5.65 Å². The van der Waals surface area contributed by atoms with E-state index in [1.807, 2.05) is 0 Å². The summed E-state index contributed by atoms with van der Waals surface area (Å²) in [5.41, 5.74) is -0.142. The maximum absolute atomic E-state index is 12.5. The number of halogens is 1. The monoisotopic (exact) mass is 395 g/mol. The van der Waals surface area contributed by atoms with Crippen molar-refractivity contribution in [2.24, 2.45) is 0 Å². The lowest BCUT2D eigenvalue weighted by molar-refractivity contribution is 0.0587. The van der Waals surface area contributed by atoms with E-state index in [-0.39, 0.29) is 34.4 Å². The van der Waals surface area contributed by atoms with Crippen LogP contribution in [0.5, 0.6) is 0 Å². The van der Waals surface area contributed by atoms with E-state index in [2.05, 4.69) is 15.4 Å².